The molecule has 20 heavy (non-hydrogen) atoms. The van der Waals surface area contributed by atoms with Crippen molar-refractivity contribution in [3.8, 4) is 5.75 Å². The topological polar surface area (TPSA) is 59.1 Å². The molecule has 0 spiro atoms. The van der Waals surface area contributed by atoms with Crippen LogP contribution < -0.4 is 15.4 Å². The molecule has 0 aliphatic heterocycles. The van der Waals surface area contributed by atoms with Gasteiger partial charge in [0.25, 0.3) is 0 Å². The molecule has 0 fully saturated rings. The van der Waals surface area contributed by atoms with Gasteiger partial charge in [0.1, 0.15) is 23.2 Å². The summed E-state index contributed by atoms with van der Waals surface area (Å²) in [7, 11) is 1.86. The van der Waals surface area contributed by atoms with E-state index in [1.165, 1.54) is 0 Å². The van der Waals surface area contributed by atoms with Gasteiger partial charge in [-0.3, -0.25) is 0 Å². The van der Waals surface area contributed by atoms with Crippen molar-refractivity contribution < 1.29 is 4.74 Å². The minimum absolute atomic E-state index is 0.652. The zero-order valence-electron chi connectivity index (χ0n) is 12.3. The number of rotatable bonds is 5. The Hall–Kier alpha value is -2.30. The number of nitrogens with zero attached hydrogens (tertiary/aromatic N) is 2. The van der Waals surface area contributed by atoms with Gasteiger partial charge in [0.15, 0.2) is 0 Å². The second kappa shape index (κ2) is 6.23. The molecule has 1 heterocycles. The molecule has 0 aliphatic rings. The van der Waals surface area contributed by atoms with E-state index >= 15 is 0 Å². The van der Waals surface area contributed by atoms with Crippen LogP contribution in [0.25, 0.3) is 0 Å². The van der Waals surface area contributed by atoms with Gasteiger partial charge in [0, 0.05) is 24.4 Å². The van der Waals surface area contributed by atoms with Crippen LogP contribution in [0.4, 0.5) is 17.3 Å². The summed E-state index contributed by atoms with van der Waals surface area (Å²) in [6.07, 6.45) is 0. The molecule has 0 atom stereocenters. The number of aryl methyl sites for hydroxylation is 1. The Morgan fingerprint density at radius 2 is 1.90 bits per heavy atom. The maximum Gasteiger partial charge on any atom is 0.139 e. The van der Waals surface area contributed by atoms with Gasteiger partial charge in [0.05, 0.1) is 6.61 Å². The monoisotopic (exact) mass is 272 g/mol. The largest absolute Gasteiger partial charge is 0.494 e. The number of hydrogen-bond donors (Lipinski definition) is 2. The van der Waals surface area contributed by atoms with Crippen molar-refractivity contribution in [3.63, 3.8) is 0 Å². The van der Waals surface area contributed by atoms with Gasteiger partial charge in [-0.05, 0) is 32.9 Å². The minimum Gasteiger partial charge on any atom is -0.494 e. The highest BCUT2D eigenvalue weighted by molar-refractivity contribution is 5.65. The van der Waals surface area contributed by atoms with Gasteiger partial charge in [0.2, 0.25) is 0 Å². The molecular formula is C15H20N4O. The predicted octanol–water partition coefficient (Wildman–Crippen LogP) is 3.28. The molecule has 0 aliphatic carbocycles. The van der Waals surface area contributed by atoms with Gasteiger partial charge in [-0.25, -0.2) is 9.97 Å². The number of benzene rings is 1. The molecule has 0 saturated carbocycles. The first-order valence-electron chi connectivity index (χ1n) is 6.67. The van der Waals surface area contributed by atoms with Gasteiger partial charge in [-0.15, -0.1) is 0 Å². The normalized spacial score (nSPS) is 10.2. The lowest BCUT2D eigenvalue weighted by molar-refractivity contribution is 0.340. The highest BCUT2D eigenvalue weighted by atomic mass is 16.5. The average molecular weight is 272 g/mol. The maximum absolute atomic E-state index is 5.50. The first-order chi connectivity index (χ1) is 9.63. The third-order valence-corrected chi connectivity index (χ3v) is 2.90. The second-order valence-corrected chi connectivity index (χ2v) is 4.43. The Labute approximate surface area is 119 Å². The quantitative estimate of drug-likeness (QED) is 0.874. The molecule has 0 unspecified atom stereocenters. The lowest BCUT2D eigenvalue weighted by atomic mass is 10.2. The lowest BCUT2D eigenvalue weighted by Crippen LogP contribution is -2.05. The van der Waals surface area contributed by atoms with Gasteiger partial charge in [-0.1, -0.05) is 6.07 Å². The smallest absolute Gasteiger partial charge is 0.139 e. The van der Waals surface area contributed by atoms with Crippen molar-refractivity contribution in [1.29, 1.82) is 0 Å². The van der Waals surface area contributed by atoms with Crippen LogP contribution in [0.3, 0.4) is 0 Å². The van der Waals surface area contributed by atoms with Crippen LogP contribution in [-0.4, -0.2) is 23.6 Å². The van der Waals surface area contributed by atoms with Crippen molar-refractivity contribution in [2.75, 3.05) is 24.3 Å². The van der Waals surface area contributed by atoms with E-state index < -0.39 is 0 Å². The fourth-order valence-corrected chi connectivity index (χ4v) is 1.96. The zero-order valence-corrected chi connectivity index (χ0v) is 12.3. The molecule has 2 N–H and O–H groups in total. The van der Waals surface area contributed by atoms with E-state index in [2.05, 4.69) is 20.6 Å². The van der Waals surface area contributed by atoms with Crippen molar-refractivity contribution in [3.05, 3.63) is 35.7 Å². The molecule has 2 rings (SSSR count). The number of anilines is 3. The van der Waals surface area contributed by atoms with Crippen molar-refractivity contribution in [1.82, 2.24) is 9.97 Å². The van der Waals surface area contributed by atoms with E-state index in [1.54, 1.807) is 0 Å². The molecule has 0 saturated heterocycles. The highest BCUT2D eigenvalue weighted by Gasteiger charge is 2.08. The number of aromatic nitrogens is 2. The number of ether oxygens (including phenoxy) is 1. The summed E-state index contributed by atoms with van der Waals surface area (Å²) in [5.41, 5.74) is 1.93. The summed E-state index contributed by atoms with van der Waals surface area (Å²) in [4.78, 5) is 8.80. The molecule has 5 nitrogen and oxygen atoms in total. The first kappa shape index (κ1) is 14.1. The first-order valence-corrected chi connectivity index (χ1v) is 6.67. The summed E-state index contributed by atoms with van der Waals surface area (Å²) >= 11 is 0. The summed E-state index contributed by atoms with van der Waals surface area (Å²) in [5.74, 6) is 3.20. The fraction of sp³-hybridized carbons (Fsp3) is 0.333. The summed E-state index contributed by atoms with van der Waals surface area (Å²) in [6, 6.07) is 7.83. The van der Waals surface area contributed by atoms with Crippen LogP contribution in [0.2, 0.25) is 0 Å². The molecule has 1 aromatic heterocycles. The van der Waals surface area contributed by atoms with Crippen LogP contribution >= 0.6 is 0 Å². The van der Waals surface area contributed by atoms with Crippen LogP contribution in [0.15, 0.2) is 24.3 Å². The van der Waals surface area contributed by atoms with E-state index in [0.29, 0.717) is 6.61 Å². The third kappa shape index (κ3) is 3.17. The van der Waals surface area contributed by atoms with E-state index in [4.69, 9.17) is 4.74 Å². The Bertz CT molecular complexity index is 598. The lowest BCUT2D eigenvalue weighted by Gasteiger charge is -2.13. The number of hydrogen-bond acceptors (Lipinski definition) is 5. The predicted molar refractivity (Wildman–Crippen MR) is 81.9 cm³/mol. The summed E-state index contributed by atoms with van der Waals surface area (Å²) in [6.45, 7) is 6.48. The van der Waals surface area contributed by atoms with Gasteiger partial charge < -0.3 is 15.4 Å². The molecule has 0 bridgehead atoms. The van der Waals surface area contributed by atoms with E-state index in [0.717, 1.165) is 34.5 Å². The zero-order chi connectivity index (χ0) is 14.5. The van der Waals surface area contributed by atoms with Gasteiger partial charge >= 0.3 is 0 Å². The molecule has 106 valence electrons. The minimum atomic E-state index is 0.652. The fourth-order valence-electron chi connectivity index (χ4n) is 1.96. The third-order valence-electron chi connectivity index (χ3n) is 2.90. The Morgan fingerprint density at radius 1 is 1.15 bits per heavy atom. The van der Waals surface area contributed by atoms with E-state index in [-0.39, 0.29) is 0 Å². The van der Waals surface area contributed by atoms with Crippen LogP contribution in [0.5, 0.6) is 5.75 Å². The van der Waals surface area contributed by atoms with Crippen LogP contribution in [0.1, 0.15) is 18.3 Å². The molecule has 2 aromatic rings. The average Bonchev–Trinajstić information content (AvgIpc) is 2.43. The molecule has 0 radical (unpaired) electrons. The second-order valence-electron chi connectivity index (χ2n) is 4.43. The molecular weight excluding hydrogens is 252 g/mol. The van der Waals surface area contributed by atoms with Crippen molar-refractivity contribution >= 4 is 17.3 Å². The summed E-state index contributed by atoms with van der Waals surface area (Å²) in [5, 5.41) is 6.39. The van der Waals surface area contributed by atoms with Crippen LogP contribution in [-0.2, 0) is 0 Å². The Balaban J connectivity index is 2.30. The highest BCUT2D eigenvalue weighted by Crippen LogP contribution is 2.25. The van der Waals surface area contributed by atoms with Crippen LogP contribution in [0, 0.1) is 13.8 Å². The molecule has 1 aromatic carbocycles. The molecule has 0 amide bonds. The SMILES string of the molecule is CCOc1cccc(Nc2nc(C)nc(NC)c2C)c1. The van der Waals surface area contributed by atoms with Crippen molar-refractivity contribution in [2.24, 2.45) is 0 Å². The maximum atomic E-state index is 5.50. The number of nitrogens with one attached hydrogen (secondary N) is 2. The standard InChI is InChI=1S/C15H20N4O/c1-5-20-13-8-6-7-12(9-13)19-15-10(2)14(16-4)17-11(3)18-15/h6-9H,5H2,1-4H3,(H2,16,17,18,19). The van der Waals surface area contributed by atoms with Crippen molar-refractivity contribution in [2.45, 2.75) is 20.8 Å². The molecule has 5 heteroatoms. The summed E-state index contributed by atoms with van der Waals surface area (Å²) < 4.78 is 5.50. The van der Waals surface area contributed by atoms with Gasteiger partial charge in [-0.2, -0.15) is 0 Å². The van der Waals surface area contributed by atoms with E-state index in [1.807, 2.05) is 52.1 Å². The Kier molecular flexibility index (Phi) is 4.40. The Morgan fingerprint density at radius 3 is 2.60 bits per heavy atom. The van der Waals surface area contributed by atoms with E-state index in [9.17, 15) is 0 Å².